The average Bonchev–Trinajstić information content (AvgIpc) is 1.99. The van der Waals surface area contributed by atoms with E-state index in [9.17, 15) is 14.4 Å². The Morgan fingerprint density at radius 3 is 2.30 bits per heavy atom. The van der Waals surface area contributed by atoms with Crippen LogP contribution in [0.4, 0.5) is 0 Å². The molecule has 0 heterocycles. The summed E-state index contributed by atoms with van der Waals surface area (Å²) in [5, 5.41) is 0. The minimum Gasteiger partial charge on any atom is -0.466 e. The molecular weight excluding hydrogens is 136 g/mol. The molecule has 0 atom stereocenters. The van der Waals surface area contributed by atoms with Crippen molar-refractivity contribution >= 4 is 18.0 Å². The van der Waals surface area contributed by atoms with Crippen LogP contribution in [0, 0.1) is 0 Å². The Kier molecular flexibility index (Phi) is 3.79. The van der Waals surface area contributed by atoms with Gasteiger partial charge < -0.3 is 4.74 Å². The van der Waals surface area contributed by atoms with Crippen molar-refractivity contribution in [3.63, 3.8) is 0 Å². The number of rotatable bonds is 3. The van der Waals surface area contributed by atoms with Crippen molar-refractivity contribution in [3.8, 4) is 0 Å². The van der Waals surface area contributed by atoms with E-state index in [0.29, 0.717) is 0 Å². The lowest BCUT2D eigenvalue weighted by molar-refractivity contribution is -0.135. The Labute approximate surface area is 57.5 Å². The van der Waals surface area contributed by atoms with Gasteiger partial charge in [-0.15, -0.1) is 0 Å². The first kappa shape index (κ1) is 8.55. The van der Waals surface area contributed by atoms with Crippen LogP contribution in [0.3, 0.4) is 0 Å². The number of ether oxygens (including phenoxy) is 1. The molecule has 0 fully saturated rings. The van der Waals surface area contributed by atoms with E-state index in [4.69, 9.17) is 0 Å². The number of carbonyl (C=O) groups is 3. The predicted molar refractivity (Wildman–Crippen MR) is 32.2 cm³/mol. The number of hydrogen-bond acceptors (Lipinski definition) is 4. The summed E-state index contributed by atoms with van der Waals surface area (Å²) in [4.78, 5) is 30.1. The fraction of sp³-hybridized carbons (Fsp3) is 0.167. The van der Waals surface area contributed by atoms with Crippen molar-refractivity contribution < 1.29 is 19.1 Å². The minimum atomic E-state index is -0.759. The highest BCUT2D eigenvalue weighted by atomic mass is 16.5. The van der Waals surface area contributed by atoms with Crippen molar-refractivity contribution in [1.29, 1.82) is 0 Å². The molecule has 0 amide bonds. The smallest absolute Gasteiger partial charge is 0.330 e. The summed E-state index contributed by atoms with van der Waals surface area (Å²) in [5.74, 6) is -1.42. The summed E-state index contributed by atoms with van der Waals surface area (Å²) in [6.45, 7) is 0. The lowest BCUT2D eigenvalue weighted by atomic mass is 10.4. The van der Waals surface area contributed by atoms with Gasteiger partial charge in [-0.1, -0.05) is 0 Å². The van der Waals surface area contributed by atoms with Gasteiger partial charge in [0, 0.05) is 6.08 Å². The maximum atomic E-state index is 10.3. The first-order valence-electron chi connectivity index (χ1n) is 2.46. The van der Waals surface area contributed by atoms with Gasteiger partial charge in [0.25, 0.3) is 0 Å². The Hall–Kier alpha value is -1.45. The molecule has 0 radical (unpaired) electrons. The van der Waals surface area contributed by atoms with Crippen LogP contribution in [0.25, 0.3) is 0 Å². The number of hydrogen-bond donors (Lipinski definition) is 0. The van der Waals surface area contributed by atoms with E-state index in [2.05, 4.69) is 4.74 Å². The van der Waals surface area contributed by atoms with Crippen molar-refractivity contribution in [2.45, 2.75) is 0 Å². The highest BCUT2D eigenvalue weighted by Crippen LogP contribution is 1.77. The Balaban J connectivity index is 3.87. The third kappa shape index (κ3) is 3.54. The van der Waals surface area contributed by atoms with Crippen molar-refractivity contribution in [2.24, 2.45) is 0 Å². The molecule has 0 aromatic heterocycles. The van der Waals surface area contributed by atoms with Crippen LogP contribution in [0.5, 0.6) is 0 Å². The topological polar surface area (TPSA) is 60.4 Å². The third-order valence-electron chi connectivity index (χ3n) is 0.701. The number of aldehydes is 1. The molecule has 0 aliphatic rings. The van der Waals surface area contributed by atoms with Crippen LogP contribution in [-0.4, -0.2) is 25.1 Å². The second-order valence-corrected chi connectivity index (χ2v) is 1.38. The van der Waals surface area contributed by atoms with Crippen molar-refractivity contribution in [1.82, 2.24) is 0 Å². The first-order chi connectivity index (χ1) is 4.70. The Morgan fingerprint density at radius 1 is 1.30 bits per heavy atom. The molecule has 10 heavy (non-hydrogen) atoms. The summed E-state index contributed by atoms with van der Waals surface area (Å²) in [7, 11) is 1.18. The van der Waals surface area contributed by atoms with E-state index in [1.165, 1.54) is 7.11 Å². The van der Waals surface area contributed by atoms with Gasteiger partial charge >= 0.3 is 5.97 Å². The Bertz CT molecular complexity index is 180. The number of methoxy groups -OCH3 is 1. The number of esters is 1. The molecule has 0 aromatic rings. The maximum Gasteiger partial charge on any atom is 0.330 e. The molecule has 0 rings (SSSR count). The highest BCUT2D eigenvalue weighted by molar-refractivity contribution is 6.31. The van der Waals surface area contributed by atoms with Crippen LogP contribution in [0.2, 0.25) is 0 Å². The van der Waals surface area contributed by atoms with E-state index in [1.807, 2.05) is 0 Å². The van der Waals surface area contributed by atoms with E-state index >= 15 is 0 Å². The lowest BCUT2D eigenvalue weighted by Gasteiger charge is -1.85. The van der Waals surface area contributed by atoms with Gasteiger partial charge in [0.2, 0.25) is 5.78 Å². The van der Waals surface area contributed by atoms with Gasteiger partial charge in [0.1, 0.15) is 0 Å². The predicted octanol–water partition coefficient (Wildman–Crippen LogP) is -0.516. The highest BCUT2D eigenvalue weighted by Gasteiger charge is 1.93. The molecule has 0 saturated carbocycles. The van der Waals surface area contributed by atoms with Crippen LogP contribution in [0.1, 0.15) is 0 Å². The van der Waals surface area contributed by atoms with E-state index < -0.39 is 11.8 Å². The fourth-order valence-electron chi connectivity index (χ4n) is 0.257. The quantitative estimate of drug-likeness (QED) is 0.230. The molecule has 4 heteroatoms. The second kappa shape index (κ2) is 4.43. The van der Waals surface area contributed by atoms with Gasteiger partial charge in [-0.2, -0.15) is 0 Å². The summed E-state index contributed by atoms with van der Waals surface area (Å²) >= 11 is 0. The van der Waals surface area contributed by atoms with Crippen LogP contribution in [-0.2, 0) is 19.1 Å². The molecular formula is C6H6O4. The monoisotopic (exact) mass is 142 g/mol. The standard InChI is InChI=1S/C6H6O4/c1-10-6(9)3-2-5(8)4-7/h2-4H,1H3/b3-2+. The normalized spacial score (nSPS) is 9.30. The molecule has 0 saturated heterocycles. The van der Waals surface area contributed by atoms with Gasteiger partial charge in [-0.25, -0.2) is 4.79 Å². The zero-order valence-corrected chi connectivity index (χ0v) is 5.37. The molecule has 0 unspecified atom stereocenters. The van der Waals surface area contributed by atoms with E-state index in [-0.39, 0.29) is 6.29 Å². The largest absolute Gasteiger partial charge is 0.466 e. The van der Waals surface area contributed by atoms with Crippen LogP contribution >= 0.6 is 0 Å². The first-order valence-corrected chi connectivity index (χ1v) is 2.46. The zero-order chi connectivity index (χ0) is 7.98. The summed E-state index contributed by atoms with van der Waals surface area (Å²) < 4.78 is 4.15. The van der Waals surface area contributed by atoms with E-state index in [0.717, 1.165) is 12.2 Å². The third-order valence-corrected chi connectivity index (χ3v) is 0.701. The molecule has 0 aromatic carbocycles. The zero-order valence-electron chi connectivity index (χ0n) is 5.37. The fourth-order valence-corrected chi connectivity index (χ4v) is 0.257. The van der Waals surface area contributed by atoms with E-state index in [1.54, 1.807) is 0 Å². The Morgan fingerprint density at radius 2 is 1.90 bits per heavy atom. The summed E-state index contributed by atoms with van der Waals surface area (Å²) in [6.07, 6.45) is 1.84. The van der Waals surface area contributed by atoms with Crippen molar-refractivity contribution in [3.05, 3.63) is 12.2 Å². The summed E-state index contributed by atoms with van der Waals surface area (Å²) in [5.41, 5.74) is 0. The van der Waals surface area contributed by atoms with Crippen LogP contribution in [0.15, 0.2) is 12.2 Å². The molecule has 0 aliphatic heterocycles. The minimum absolute atomic E-state index is 0.111. The average molecular weight is 142 g/mol. The molecule has 0 spiro atoms. The van der Waals surface area contributed by atoms with Gasteiger partial charge in [0.05, 0.1) is 7.11 Å². The lowest BCUT2D eigenvalue weighted by Crippen LogP contribution is -1.98. The number of carbonyl (C=O) groups excluding carboxylic acids is 3. The molecule has 54 valence electrons. The molecule has 0 bridgehead atoms. The summed E-state index contributed by atoms with van der Waals surface area (Å²) in [6, 6.07) is 0. The van der Waals surface area contributed by atoms with Gasteiger partial charge in [-0.05, 0) is 6.08 Å². The maximum absolute atomic E-state index is 10.3. The number of allylic oxidation sites excluding steroid dienone is 1. The number of ketones is 1. The SMILES string of the molecule is COC(=O)/C=C/C(=O)C=O. The molecule has 4 nitrogen and oxygen atoms in total. The van der Waals surface area contributed by atoms with Gasteiger partial charge in [0.15, 0.2) is 6.29 Å². The van der Waals surface area contributed by atoms with Crippen molar-refractivity contribution in [2.75, 3.05) is 7.11 Å². The molecule has 0 aliphatic carbocycles. The second-order valence-electron chi connectivity index (χ2n) is 1.38. The van der Waals surface area contributed by atoms with Crippen LogP contribution < -0.4 is 0 Å². The van der Waals surface area contributed by atoms with Gasteiger partial charge in [-0.3, -0.25) is 9.59 Å². The molecule has 0 N–H and O–H groups in total.